The average Bonchev–Trinajstić information content (AvgIpc) is 1.62. The third kappa shape index (κ3) is 23.6. The second-order valence-electron chi connectivity index (χ2n) is 32.5. The molecule has 4 saturated carbocycles. The number of aryl methyl sites for hydroxylation is 4. The van der Waals surface area contributed by atoms with Crippen molar-refractivity contribution < 1.29 is 99.4 Å². The SMILES string of the molecule is CC#CC[C@@H](C)[C@@H](O)/C=C/[C@H]1[C@@H]2c3cccc(CCCC(=O)O)c3O[C@@H]2C[C@@H]1O.CC#CC[C@@H](C)[C@H](O)/C=C/[C@@H]1[C@H]2c3cccc(CCCC(=O)O)c3O[C@H]2C[C@H]1O.CC#CC[C@H](C)[C@@H](O)/C=C/[C@H]1[C@@H]2c3cccc(CCCC(=O)O)c3O[C@@H]2C[C@@H]1O.CC#CC[C@H](C)[C@H](O)/C=C/[C@@H]1[C@H]2c3cccc(CCCC(=O)O)c3O[C@H]2C[C@H]1O. The molecule has 12 rings (SSSR count). The van der Waals surface area contributed by atoms with Crippen LogP contribution in [0.1, 0.15) is 226 Å². The van der Waals surface area contributed by atoms with Crippen molar-refractivity contribution in [2.45, 2.75) is 281 Å². The maximum Gasteiger partial charge on any atom is 0.303 e. The minimum Gasteiger partial charge on any atom is -0.489 e. The Morgan fingerprint density at radius 3 is 0.733 bits per heavy atom. The van der Waals surface area contributed by atoms with Gasteiger partial charge in [-0.3, -0.25) is 19.2 Å². The first-order valence-electron chi connectivity index (χ1n) is 41.5. The fraction of sp³-hybridized carbons (Fsp3) is 0.542. The van der Waals surface area contributed by atoms with Crippen molar-refractivity contribution in [1.29, 1.82) is 0 Å². The molecule has 20 nitrogen and oxygen atoms in total. The lowest BCUT2D eigenvalue weighted by Crippen LogP contribution is -2.19. The van der Waals surface area contributed by atoms with E-state index < -0.39 is 72.7 Å². The molecule has 4 aromatic carbocycles. The summed E-state index contributed by atoms with van der Waals surface area (Å²) in [6, 6.07) is 24.0. The van der Waals surface area contributed by atoms with Crippen molar-refractivity contribution >= 4 is 23.9 Å². The van der Waals surface area contributed by atoms with Crippen LogP contribution in [0.25, 0.3) is 0 Å². The van der Waals surface area contributed by atoms with Crippen molar-refractivity contribution in [1.82, 2.24) is 0 Å². The fourth-order valence-corrected chi connectivity index (χ4v) is 17.6. The number of carboxylic acid groups (broad SMARTS) is 4. The monoisotopic (exact) mass is 1590 g/mol. The van der Waals surface area contributed by atoms with E-state index in [0.29, 0.717) is 103 Å². The van der Waals surface area contributed by atoms with Gasteiger partial charge in [-0.15, -0.1) is 47.4 Å². The smallest absolute Gasteiger partial charge is 0.303 e. The number of carbonyl (C=O) groups is 4. The van der Waals surface area contributed by atoms with Gasteiger partial charge < -0.3 is 80.2 Å². The summed E-state index contributed by atoms with van der Waals surface area (Å²) < 4.78 is 24.8. The van der Waals surface area contributed by atoms with E-state index in [4.69, 9.17) is 39.4 Å². The first kappa shape index (κ1) is 90.8. The zero-order valence-electron chi connectivity index (χ0n) is 68.2. The van der Waals surface area contributed by atoms with Gasteiger partial charge in [0.2, 0.25) is 0 Å². The second kappa shape index (κ2) is 43.9. The van der Waals surface area contributed by atoms with Gasteiger partial charge in [-0.25, -0.2) is 0 Å². The molecule has 24 atom stereocenters. The highest BCUT2D eigenvalue weighted by molar-refractivity contribution is 5.68. The summed E-state index contributed by atoms with van der Waals surface area (Å²) in [5.74, 6) is 23.5. The van der Waals surface area contributed by atoms with Crippen LogP contribution in [0.15, 0.2) is 121 Å². The number of hydrogen-bond donors (Lipinski definition) is 12. The minimum atomic E-state index is -0.790. The van der Waals surface area contributed by atoms with Gasteiger partial charge in [0, 0.05) is 147 Å². The van der Waals surface area contributed by atoms with Gasteiger partial charge in [0.05, 0.1) is 48.8 Å². The lowest BCUT2D eigenvalue weighted by molar-refractivity contribution is -0.138. The van der Waals surface area contributed by atoms with Crippen LogP contribution in [-0.4, -0.2) is 158 Å². The van der Waals surface area contributed by atoms with Crippen molar-refractivity contribution in [3.8, 4) is 70.4 Å². The first-order valence-corrected chi connectivity index (χ1v) is 41.5. The molecular formula is C96H120O20. The highest BCUT2D eigenvalue weighted by Gasteiger charge is 2.53. The Morgan fingerprint density at radius 1 is 0.353 bits per heavy atom. The Labute approximate surface area is 684 Å². The molecule has 0 amide bonds. The molecule has 12 N–H and O–H groups in total. The Bertz CT molecular complexity index is 3820. The molecule has 624 valence electrons. The lowest BCUT2D eigenvalue weighted by atomic mass is 9.86. The van der Waals surface area contributed by atoms with Crippen LogP contribution in [0.3, 0.4) is 0 Å². The Balaban J connectivity index is 0.000000177. The number of ether oxygens (including phenoxy) is 4. The van der Waals surface area contributed by atoms with Gasteiger partial charge >= 0.3 is 23.9 Å². The molecule has 116 heavy (non-hydrogen) atoms. The molecule has 0 aromatic heterocycles. The number of carboxylic acids is 4. The van der Waals surface area contributed by atoms with Crippen LogP contribution in [0, 0.1) is 94.7 Å². The summed E-state index contributed by atoms with van der Waals surface area (Å²) in [4.78, 5) is 43.2. The summed E-state index contributed by atoms with van der Waals surface area (Å²) in [5, 5.41) is 119. The predicted octanol–water partition coefficient (Wildman–Crippen LogP) is 13.1. The van der Waals surface area contributed by atoms with Crippen LogP contribution in [0.5, 0.6) is 23.0 Å². The van der Waals surface area contributed by atoms with Crippen molar-refractivity contribution in [3.05, 3.63) is 166 Å². The molecule has 0 unspecified atom stereocenters. The molecule has 0 radical (unpaired) electrons. The van der Waals surface area contributed by atoms with Crippen LogP contribution >= 0.6 is 0 Å². The highest BCUT2D eigenvalue weighted by Crippen LogP contribution is 2.56. The van der Waals surface area contributed by atoms with E-state index in [-0.39, 0.29) is 121 Å². The predicted molar refractivity (Wildman–Crippen MR) is 443 cm³/mol. The highest BCUT2D eigenvalue weighted by atomic mass is 16.5. The number of aliphatic hydroxyl groups is 8. The normalized spacial score (nSPS) is 26.9. The van der Waals surface area contributed by atoms with E-state index in [1.54, 1.807) is 52.0 Å². The standard InChI is InChI=1S/4C24H30O5/c4*1-3-4-7-15(2)19(25)13-12-17-20(26)14-21-23(17)18-10-5-8-16(24(18)29-21)9-6-11-22(27)28/h4*5,8,10,12-13,15,17,19-21,23,25-26H,6-7,9,11,14H2,1-2H3,(H,27,28)/b4*13-12+/t2*15-,17+,19-,20-,21+,23+;2*15-,17-,19+,20+,21-,23-/m1010/s1. The van der Waals surface area contributed by atoms with Gasteiger partial charge in [-0.1, -0.05) is 149 Å². The zero-order chi connectivity index (χ0) is 83.9. The molecule has 4 aliphatic carbocycles. The number of benzene rings is 4. The van der Waals surface area contributed by atoms with E-state index >= 15 is 0 Å². The van der Waals surface area contributed by atoms with Gasteiger partial charge in [0.1, 0.15) is 47.4 Å². The van der Waals surface area contributed by atoms with Gasteiger partial charge in [0.25, 0.3) is 0 Å². The first-order chi connectivity index (χ1) is 55.7. The average molecular weight is 1590 g/mol. The number of aliphatic hydroxyl groups excluding tert-OH is 8. The quantitative estimate of drug-likeness (QED) is 0.0160. The molecule has 0 bridgehead atoms. The molecule has 4 heterocycles. The summed E-state index contributed by atoms with van der Waals surface area (Å²) in [6.07, 6.45) is 20.3. The summed E-state index contributed by atoms with van der Waals surface area (Å²) in [6.45, 7) is 15.0. The summed E-state index contributed by atoms with van der Waals surface area (Å²) in [5.41, 5.74) is 8.43. The Morgan fingerprint density at radius 2 is 0.552 bits per heavy atom. The number of fused-ring (bicyclic) bond motifs is 12. The van der Waals surface area contributed by atoms with Crippen molar-refractivity contribution in [3.63, 3.8) is 0 Å². The van der Waals surface area contributed by atoms with Crippen LogP contribution in [-0.2, 0) is 44.9 Å². The summed E-state index contributed by atoms with van der Waals surface area (Å²) >= 11 is 0. The Kier molecular flexibility index (Phi) is 34.3. The molecule has 0 spiro atoms. The number of para-hydroxylation sites is 4. The fourth-order valence-electron chi connectivity index (χ4n) is 17.6. The van der Waals surface area contributed by atoms with E-state index in [1.165, 1.54) is 0 Å². The van der Waals surface area contributed by atoms with Gasteiger partial charge in [-0.2, -0.15) is 0 Å². The van der Waals surface area contributed by atoms with Crippen LogP contribution in [0.2, 0.25) is 0 Å². The van der Waals surface area contributed by atoms with Crippen LogP contribution in [0.4, 0.5) is 0 Å². The zero-order valence-corrected chi connectivity index (χ0v) is 68.2. The third-order valence-corrected chi connectivity index (χ3v) is 24.2. The van der Waals surface area contributed by atoms with E-state index in [9.17, 15) is 60.0 Å². The maximum absolute atomic E-state index is 10.8. The third-order valence-electron chi connectivity index (χ3n) is 24.2. The molecule has 8 aliphatic rings. The number of rotatable bonds is 32. The topological polar surface area (TPSA) is 348 Å². The summed E-state index contributed by atoms with van der Waals surface area (Å²) in [7, 11) is 0. The number of hydrogen-bond acceptors (Lipinski definition) is 16. The molecule has 4 aromatic rings. The van der Waals surface area contributed by atoms with Gasteiger partial charge in [0.15, 0.2) is 0 Å². The van der Waals surface area contributed by atoms with E-state index in [1.807, 2.05) is 125 Å². The molecular weight excluding hydrogens is 1470 g/mol. The molecule has 4 aliphatic heterocycles. The van der Waals surface area contributed by atoms with Crippen LogP contribution < -0.4 is 18.9 Å². The van der Waals surface area contributed by atoms with E-state index in [0.717, 1.165) is 67.5 Å². The largest absolute Gasteiger partial charge is 0.489 e. The van der Waals surface area contributed by atoms with Crippen molar-refractivity contribution in [2.75, 3.05) is 0 Å². The van der Waals surface area contributed by atoms with Gasteiger partial charge in [-0.05, 0) is 125 Å². The lowest BCUT2D eigenvalue weighted by Gasteiger charge is -2.19. The molecule has 4 fully saturated rings. The second-order valence-corrected chi connectivity index (χ2v) is 32.5. The minimum absolute atomic E-state index is 0.0287. The van der Waals surface area contributed by atoms with E-state index in [2.05, 4.69) is 47.4 Å². The maximum atomic E-state index is 10.8. The number of aliphatic carboxylic acids is 4. The molecule has 20 heteroatoms. The molecule has 0 saturated heterocycles. The van der Waals surface area contributed by atoms with Crippen molar-refractivity contribution in [2.24, 2.45) is 47.3 Å². The Hall–Kier alpha value is -9.16.